The molecule has 0 fully saturated rings. The van der Waals surface area contributed by atoms with E-state index in [4.69, 9.17) is 17.3 Å². The molecule has 2 aromatic rings. The second kappa shape index (κ2) is 4.96. The molecule has 18 heavy (non-hydrogen) atoms. The van der Waals surface area contributed by atoms with E-state index in [9.17, 15) is 9.90 Å². The summed E-state index contributed by atoms with van der Waals surface area (Å²) in [5.41, 5.74) is 6.42. The van der Waals surface area contributed by atoms with Crippen LogP contribution in [0.15, 0.2) is 34.9 Å². The first kappa shape index (κ1) is 12.9. The molecule has 1 aromatic carbocycles. The van der Waals surface area contributed by atoms with Gasteiger partial charge in [0.2, 0.25) is 5.91 Å². The smallest absolute Gasteiger partial charge is 0.248 e. The number of phenolic OH excluding ortho intramolecular Hbond substituents is 1. The van der Waals surface area contributed by atoms with E-state index in [0.717, 1.165) is 0 Å². The van der Waals surface area contributed by atoms with Crippen molar-refractivity contribution in [2.24, 2.45) is 5.73 Å². The first-order valence-electron chi connectivity index (χ1n) is 4.93. The first-order chi connectivity index (χ1) is 8.49. The number of rotatable bonds is 2. The van der Waals surface area contributed by atoms with Crippen molar-refractivity contribution in [3.05, 3.63) is 45.7 Å². The van der Waals surface area contributed by atoms with Gasteiger partial charge in [-0.15, -0.1) is 0 Å². The maximum absolute atomic E-state index is 11.1. The van der Waals surface area contributed by atoms with E-state index in [-0.39, 0.29) is 10.9 Å². The molecule has 0 unspecified atom stereocenters. The zero-order valence-corrected chi connectivity index (χ0v) is 11.4. The zero-order chi connectivity index (χ0) is 13.3. The normalized spacial score (nSPS) is 10.3. The van der Waals surface area contributed by atoms with E-state index < -0.39 is 5.91 Å². The van der Waals surface area contributed by atoms with Gasteiger partial charge in [0.15, 0.2) is 0 Å². The summed E-state index contributed by atoms with van der Waals surface area (Å²) in [4.78, 5) is 15.1. The average molecular weight is 328 g/mol. The van der Waals surface area contributed by atoms with Crippen molar-refractivity contribution in [3.63, 3.8) is 0 Å². The van der Waals surface area contributed by atoms with Gasteiger partial charge in [-0.3, -0.25) is 4.79 Å². The molecule has 3 N–H and O–H groups in total. The third-order valence-electron chi connectivity index (χ3n) is 2.38. The number of halogens is 2. The monoisotopic (exact) mass is 326 g/mol. The quantitative estimate of drug-likeness (QED) is 0.833. The molecular formula is C12H8BrClN2O2. The SMILES string of the molecule is NC(=O)c1ccc(O)c(-c2cc(Br)cnc2Cl)c1. The number of nitrogens with two attached hydrogens (primary N) is 1. The Kier molecular flexibility index (Phi) is 3.54. The van der Waals surface area contributed by atoms with Crippen molar-refractivity contribution >= 4 is 33.4 Å². The van der Waals surface area contributed by atoms with Crippen LogP contribution in [0.5, 0.6) is 5.75 Å². The third-order valence-corrected chi connectivity index (χ3v) is 3.11. The van der Waals surface area contributed by atoms with E-state index in [1.54, 1.807) is 12.3 Å². The van der Waals surface area contributed by atoms with Gasteiger partial charge in [-0.1, -0.05) is 11.6 Å². The second-order valence-electron chi connectivity index (χ2n) is 3.59. The van der Waals surface area contributed by atoms with Gasteiger partial charge >= 0.3 is 0 Å². The molecule has 4 nitrogen and oxygen atoms in total. The molecule has 0 radical (unpaired) electrons. The standard InChI is InChI=1S/C12H8BrClN2O2/c13-7-4-9(11(14)16-5-7)8-3-6(12(15)18)1-2-10(8)17/h1-5,17H,(H2,15,18). The van der Waals surface area contributed by atoms with Crippen LogP contribution in [-0.4, -0.2) is 16.0 Å². The molecule has 0 aliphatic heterocycles. The summed E-state index contributed by atoms with van der Waals surface area (Å²) < 4.78 is 0.714. The van der Waals surface area contributed by atoms with Crippen LogP contribution >= 0.6 is 27.5 Å². The minimum atomic E-state index is -0.574. The van der Waals surface area contributed by atoms with Crippen molar-refractivity contribution < 1.29 is 9.90 Å². The van der Waals surface area contributed by atoms with Crippen molar-refractivity contribution in [3.8, 4) is 16.9 Å². The minimum Gasteiger partial charge on any atom is -0.507 e. The van der Waals surface area contributed by atoms with Gasteiger partial charge in [-0.05, 0) is 40.2 Å². The maximum atomic E-state index is 11.1. The highest BCUT2D eigenvalue weighted by Gasteiger charge is 2.12. The Balaban J connectivity index is 2.66. The summed E-state index contributed by atoms with van der Waals surface area (Å²) in [5, 5.41) is 10.1. The maximum Gasteiger partial charge on any atom is 0.248 e. The number of hydrogen-bond acceptors (Lipinski definition) is 3. The fraction of sp³-hybridized carbons (Fsp3) is 0. The largest absolute Gasteiger partial charge is 0.507 e. The summed E-state index contributed by atoms with van der Waals surface area (Å²) in [6.45, 7) is 0. The summed E-state index contributed by atoms with van der Waals surface area (Å²) in [6, 6.07) is 6.02. The number of hydrogen-bond donors (Lipinski definition) is 2. The molecule has 0 aliphatic rings. The molecule has 0 saturated heterocycles. The summed E-state index contributed by atoms with van der Waals surface area (Å²) in [5.74, 6) is -0.572. The number of carbonyl (C=O) groups excluding carboxylic acids is 1. The molecule has 2 rings (SSSR count). The van der Waals surface area contributed by atoms with Gasteiger partial charge in [-0.2, -0.15) is 0 Å². The molecule has 1 amide bonds. The number of amides is 1. The van der Waals surface area contributed by atoms with Gasteiger partial charge < -0.3 is 10.8 Å². The molecule has 0 spiro atoms. The Morgan fingerprint density at radius 3 is 2.72 bits per heavy atom. The molecule has 0 atom stereocenters. The van der Waals surface area contributed by atoms with Crippen LogP contribution in [0.25, 0.3) is 11.1 Å². The fourth-order valence-corrected chi connectivity index (χ4v) is 2.05. The molecular weight excluding hydrogens is 320 g/mol. The third kappa shape index (κ3) is 2.47. The van der Waals surface area contributed by atoms with Crippen molar-refractivity contribution in [2.45, 2.75) is 0 Å². The highest BCUT2D eigenvalue weighted by Crippen LogP contribution is 2.35. The van der Waals surface area contributed by atoms with Crippen LogP contribution in [0.4, 0.5) is 0 Å². The number of phenols is 1. The lowest BCUT2D eigenvalue weighted by Gasteiger charge is -2.08. The molecule has 0 saturated carbocycles. The first-order valence-corrected chi connectivity index (χ1v) is 6.10. The lowest BCUT2D eigenvalue weighted by Crippen LogP contribution is -2.10. The van der Waals surface area contributed by atoms with Crippen molar-refractivity contribution in [2.75, 3.05) is 0 Å². The number of primary amides is 1. The van der Waals surface area contributed by atoms with E-state index in [1.165, 1.54) is 18.2 Å². The topological polar surface area (TPSA) is 76.2 Å². The predicted molar refractivity (Wildman–Crippen MR) is 72.6 cm³/mol. The Morgan fingerprint density at radius 1 is 1.33 bits per heavy atom. The zero-order valence-electron chi connectivity index (χ0n) is 9.02. The van der Waals surface area contributed by atoms with E-state index >= 15 is 0 Å². The molecule has 1 aromatic heterocycles. The van der Waals surface area contributed by atoms with Crippen LogP contribution in [0.3, 0.4) is 0 Å². The van der Waals surface area contributed by atoms with Crippen LogP contribution < -0.4 is 5.73 Å². The number of pyridine rings is 1. The highest BCUT2D eigenvalue weighted by atomic mass is 79.9. The van der Waals surface area contributed by atoms with Crippen LogP contribution in [0.1, 0.15) is 10.4 Å². The lowest BCUT2D eigenvalue weighted by molar-refractivity contribution is 0.100. The Hall–Kier alpha value is -1.59. The summed E-state index contributed by atoms with van der Waals surface area (Å²) >= 11 is 9.25. The highest BCUT2D eigenvalue weighted by molar-refractivity contribution is 9.10. The van der Waals surface area contributed by atoms with Gasteiger partial charge in [-0.25, -0.2) is 4.98 Å². The summed E-state index contributed by atoms with van der Waals surface area (Å²) in [7, 11) is 0. The Morgan fingerprint density at radius 2 is 2.06 bits per heavy atom. The van der Waals surface area contributed by atoms with Crippen LogP contribution in [-0.2, 0) is 0 Å². The fourth-order valence-electron chi connectivity index (χ4n) is 1.52. The van der Waals surface area contributed by atoms with Crippen LogP contribution in [0.2, 0.25) is 5.15 Å². The van der Waals surface area contributed by atoms with Crippen molar-refractivity contribution in [1.29, 1.82) is 0 Å². The van der Waals surface area contributed by atoms with E-state index in [1.807, 2.05) is 0 Å². The van der Waals surface area contributed by atoms with Crippen LogP contribution in [0, 0.1) is 0 Å². The molecule has 6 heteroatoms. The molecule has 0 aliphatic carbocycles. The van der Waals surface area contributed by atoms with Gasteiger partial charge in [0.1, 0.15) is 10.9 Å². The number of nitrogens with zero attached hydrogens (tertiary/aromatic N) is 1. The Bertz CT molecular complexity index is 631. The summed E-state index contributed by atoms with van der Waals surface area (Å²) in [6.07, 6.45) is 1.54. The molecule has 0 bridgehead atoms. The number of carbonyl (C=O) groups is 1. The van der Waals surface area contributed by atoms with Crippen molar-refractivity contribution in [1.82, 2.24) is 4.98 Å². The van der Waals surface area contributed by atoms with Gasteiger partial charge in [0.05, 0.1) is 0 Å². The average Bonchev–Trinajstić information content (AvgIpc) is 2.33. The van der Waals surface area contributed by atoms with Gasteiger partial charge in [0.25, 0.3) is 0 Å². The molecule has 1 heterocycles. The van der Waals surface area contributed by atoms with E-state index in [0.29, 0.717) is 21.2 Å². The number of benzene rings is 1. The number of aromatic hydroxyl groups is 1. The predicted octanol–water partition coefficient (Wildman–Crippen LogP) is 2.97. The molecule has 92 valence electrons. The minimum absolute atomic E-state index is 0.00167. The second-order valence-corrected chi connectivity index (χ2v) is 4.86. The van der Waals surface area contributed by atoms with E-state index in [2.05, 4.69) is 20.9 Å². The van der Waals surface area contributed by atoms with Gasteiger partial charge in [0, 0.05) is 27.4 Å². The lowest BCUT2D eigenvalue weighted by atomic mass is 10.0. The Labute approximate surface area is 117 Å². The number of aromatic nitrogens is 1.